The van der Waals surface area contributed by atoms with Gasteiger partial charge in [-0.3, -0.25) is 95.9 Å². The number of aromatic nitrogens is 3. The molecule has 3 aromatic heterocycles. The Kier molecular flexibility index (Phi) is 44.2. The Morgan fingerprint density at radius 3 is 1.26 bits per heavy atom. The van der Waals surface area contributed by atoms with Crippen molar-refractivity contribution in [2.24, 2.45) is 40.9 Å². The maximum absolute atomic E-state index is 15.3. The molecule has 140 heavy (non-hydrogen) atoms. The molecule has 0 unspecified atom stereocenters. The Labute approximate surface area is 819 Å². The minimum Gasteiger partial charge on any atom is -0.480 e. The number of aliphatic hydroxyl groups excluding tert-OH is 1. The van der Waals surface area contributed by atoms with Gasteiger partial charge in [0, 0.05) is 95.0 Å². The van der Waals surface area contributed by atoms with Crippen molar-refractivity contribution < 1.29 is 106 Å². The molecule has 764 valence electrons. The molecule has 1 fully saturated rings. The Morgan fingerprint density at radius 2 is 0.800 bits per heavy atom. The van der Waals surface area contributed by atoms with Crippen LogP contribution in [0.2, 0.25) is 0 Å². The van der Waals surface area contributed by atoms with E-state index in [-0.39, 0.29) is 93.6 Å². The number of primary amides is 2. The number of carbonyl (C=O) groups excluding carboxylic acids is 19. The van der Waals surface area contributed by atoms with Gasteiger partial charge in [-0.1, -0.05) is 116 Å². The number of carboxylic acid groups (broad SMARTS) is 1. The lowest BCUT2D eigenvalue weighted by Crippen LogP contribution is -2.62. The Morgan fingerprint density at radius 1 is 0.414 bits per heavy atom. The minimum absolute atomic E-state index is 0.00471. The zero-order chi connectivity index (χ0) is 104. The summed E-state index contributed by atoms with van der Waals surface area (Å²) in [5, 5.41) is 63.0. The highest BCUT2D eigenvalue weighted by atomic mass is 32.1. The molecular formula is C93H133N23O22S2. The van der Waals surface area contributed by atoms with Gasteiger partial charge in [0.2, 0.25) is 112 Å². The van der Waals surface area contributed by atoms with Crippen molar-refractivity contribution in [3.8, 4) is 0 Å². The molecule has 0 bridgehead atoms. The van der Waals surface area contributed by atoms with Crippen LogP contribution in [0.1, 0.15) is 151 Å². The van der Waals surface area contributed by atoms with Gasteiger partial charge >= 0.3 is 5.97 Å². The fourth-order valence-corrected chi connectivity index (χ4v) is 16.2. The third-order valence-corrected chi connectivity index (χ3v) is 24.1. The molecule has 1 aliphatic rings. The number of rotatable bonds is 56. The molecule has 0 spiro atoms. The largest absolute Gasteiger partial charge is 0.480 e. The number of aliphatic hydroxyl groups is 1. The first kappa shape index (κ1) is 113. The van der Waals surface area contributed by atoms with E-state index in [4.69, 9.17) is 17.2 Å². The summed E-state index contributed by atoms with van der Waals surface area (Å²) in [4.78, 5) is 286. The van der Waals surface area contributed by atoms with E-state index in [1.165, 1.54) is 25.7 Å². The highest BCUT2D eigenvalue weighted by molar-refractivity contribution is 7.80. The SMILES string of the molecule is CC[C@H](C)[C@H](NC(=O)CNC(=O)[C@H](CC(C)C)NC(=O)[C@H](CC(N)=O)NC(=O)[C@H](CCC(N)=O)NC(=O)[C@H](CS)NC(=O)[C@@H](N)CC(C)C)C(=O)N[C@H](C(=O)N[C@@H](Cc1c[nH]c2ccccc12)C(=O)N1CCC[C@H]1C(=O)NCC(=O)N[C@@H](Cc1c[nH]c2ccccc12)C(=O)N[C@@H](CC(C)C)C(=O)N[C@@H](C)C(=O)NCC(=O)N[C@@H](Cc1c[nH]c2ccccc12)C(=O)N[C@@H](CS)C(=O)N[C@@H](C)C(=O)O)[C@@H](C)O. The molecule has 3 aromatic carbocycles. The van der Waals surface area contributed by atoms with Crippen LogP contribution in [-0.2, 0) is 115 Å². The van der Waals surface area contributed by atoms with Crippen LogP contribution in [0.5, 0.6) is 0 Å². The van der Waals surface area contributed by atoms with Gasteiger partial charge in [-0.15, -0.1) is 0 Å². The predicted octanol–water partition coefficient (Wildman–Crippen LogP) is -3.18. The number of carboxylic acids is 1. The number of hydrogen-bond acceptors (Lipinski definition) is 24. The van der Waals surface area contributed by atoms with Crippen molar-refractivity contribution in [1.82, 2.24) is 105 Å². The van der Waals surface area contributed by atoms with Gasteiger partial charge in [0.1, 0.15) is 84.6 Å². The number of aliphatic carboxylic acids is 1. The lowest BCUT2D eigenvalue weighted by Gasteiger charge is -2.31. The number of amides is 19. The molecular weight excluding hydrogens is 1860 g/mol. The maximum Gasteiger partial charge on any atom is 0.325 e. The number of thiol groups is 2. The van der Waals surface area contributed by atoms with Gasteiger partial charge in [0.05, 0.1) is 38.2 Å². The van der Waals surface area contributed by atoms with Crippen LogP contribution in [0.15, 0.2) is 91.4 Å². The molecule has 47 heteroatoms. The van der Waals surface area contributed by atoms with E-state index in [0.717, 1.165) is 0 Å². The summed E-state index contributed by atoms with van der Waals surface area (Å²) in [6.07, 6.45) is 1.59. The van der Waals surface area contributed by atoms with Crippen LogP contribution in [0.3, 0.4) is 0 Å². The van der Waals surface area contributed by atoms with Gasteiger partial charge in [0.25, 0.3) is 0 Å². The monoisotopic (exact) mass is 1990 g/mol. The van der Waals surface area contributed by atoms with E-state index >= 15 is 4.79 Å². The molecule has 45 nitrogen and oxygen atoms in total. The molecule has 19 amide bonds. The molecule has 1 aliphatic heterocycles. The summed E-state index contributed by atoms with van der Waals surface area (Å²) in [6.45, 7) is 15.2. The summed E-state index contributed by atoms with van der Waals surface area (Å²) >= 11 is 8.35. The van der Waals surface area contributed by atoms with E-state index in [1.807, 2.05) is 13.8 Å². The summed E-state index contributed by atoms with van der Waals surface area (Å²) in [6, 6.07) is -0.313. The summed E-state index contributed by atoms with van der Waals surface area (Å²) < 4.78 is 0. The number of nitrogens with one attached hydrogen (secondary N) is 19. The number of nitrogens with two attached hydrogens (primary N) is 3. The molecule has 17 atom stereocenters. The standard InChI is InChI=1S/C93H133N23O22S2/c1-12-48(8)77(114-76(122)42-101-81(125)63(31-46(4)5)108-86(130)67(36-73(96)119)110-82(126)62(27-28-72(95)118)107-88(132)70(44-140)112-80(124)58(94)30-45(2)3)90(134)115-78(51(11)117)91(135)111-68(35-54-39-99-61-25-18-15-22-57(54)61)92(136)116-29-19-26-71(116)89(133)102-41-75(121)105-65(33-52-37-97-59-23-16-13-20-55(52)59)84(128)109-64(32-47(6)7)83(127)103-49(9)79(123)100-40-74(120)106-66(34-53-38-98-60-24-17-14-21-56(53)60)85(129)113-69(43-139)87(131)104-50(10)93(137)138/h13-18,20-25,37-39,45-51,58,62-71,77-78,97-99,117,139-140H,12,19,26-36,40-44,94H2,1-11H3,(H2,95,118)(H2,96,119)(H,100,123)(H,101,125)(H,102,133)(H,103,127)(H,104,131)(H,105,121)(H,106,120)(H,107,132)(H,108,130)(H,109,128)(H,110,126)(H,111,135)(H,112,124)(H,113,129)(H,114,122)(H,115,134)(H,137,138)/t48-,49-,50-,51+,58-,62-,63-,64-,65-,66-,67-,68-,69-,70-,71-,77-,78-/m0/s1. The fourth-order valence-electron chi connectivity index (χ4n) is 15.7. The Bertz CT molecular complexity index is 5430. The number of carbonyl (C=O) groups is 20. The zero-order valence-corrected chi connectivity index (χ0v) is 81.9. The second kappa shape index (κ2) is 54.6. The second-order valence-electron chi connectivity index (χ2n) is 36.2. The van der Waals surface area contributed by atoms with Gasteiger partial charge in [-0.25, -0.2) is 0 Å². The molecule has 4 heterocycles. The third-order valence-electron chi connectivity index (χ3n) is 23.4. The summed E-state index contributed by atoms with van der Waals surface area (Å²) in [5.74, 6) is -20.7. The van der Waals surface area contributed by atoms with Crippen molar-refractivity contribution in [2.75, 3.05) is 37.7 Å². The minimum atomic E-state index is -1.84. The van der Waals surface area contributed by atoms with Crippen molar-refractivity contribution in [2.45, 2.75) is 250 Å². The van der Waals surface area contributed by atoms with Gasteiger partial charge < -0.3 is 132 Å². The number of H-pyrrole nitrogens is 3. The smallest absolute Gasteiger partial charge is 0.325 e. The van der Waals surface area contributed by atoms with Gasteiger partial charge in [0.15, 0.2) is 0 Å². The molecule has 0 aliphatic carbocycles. The normalized spacial score (nSPS) is 15.9. The quantitative estimate of drug-likeness (QED) is 0.0167. The van der Waals surface area contributed by atoms with Crippen LogP contribution in [0.25, 0.3) is 32.7 Å². The summed E-state index contributed by atoms with van der Waals surface area (Å²) in [7, 11) is 0. The lowest BCUT2D eigenvalue weighted by atomic mass is 9.97. The van der Waals surface area contributed by atoms with Crippen LogP contribution in [0, 0.1) is 23.7 Å². The maximum atomic E-state index is 15.3. The molecule has 6 aromatic rings. The number of likely N-dealkylation sites (tertiary alicyclic amines) is 1. The number of benzene rings is 3. The third kappa shape index (κ3) is 34.4. The highest BCUT2D eigenvalue weighted by Crippen LogP contribution is 2.26. The average molecular weight is 1990 g/mol. The number of nitrogens with zero attached hydrogens (tertiary/aromatic N) is 1. The molecule has 27 N–H and O–H groups in total. The lowest BCUT2D eigenvalue weighted by molar-refractivity contribution is -0.142. The highest BCUT2D eigenvalue weighted by Gasteiger charge is 2.43. The van der Waals surface area contributed by atoms with E-state index in [9.17, 15) is 101 Å². The second-order valence-corrected chi connectivity index (χ2v) is 36.9. The van der Waals surface area contributed by atoms with Crippen LogP contribution >= 0.6 is 25.3 Å². The first-order valence-electron chi connectivity index (χ1n) is 46.4. The molecule has 7 rings (SSSR count). The van der Waals surface area contributed by atoms with Crippen LogP contribution in [0.4, 0.5) is 0 Å². The number of hydrogen-bond donors (Lipinski definition) is 26. The fraction of sp³-hybridized carbons (Fsp3) is 0.527. The first-order valence-corrected chi connectivity index (χ1v) is 47.6. The van der Waals surface area contributed by atoms with E-state index in [2.05, 4.69) is 125 Å². The molecule has 0 saturated carbocycles. The van der Waals surface area contributed by atoms with E-state index < -0.39 is 260 Å². The van der Waals surface area contributed by atoms with Gasteiger partial charge in [-0.2, -0.15) is 25.3 Å². The number of fused-ring (bicyclic) bond motifs is 3. The van der Waals surface area contributed by atoms with Crippen LogP contribution in [-0.4, -0.2) is 283 Å². The molecule has 0 radical (unpaired) electrons. The Hall–Kier alpha value is -13.7. The average Bonchev–Trinajstić information content (AvgIpc) is 1.63. The van der Waals surface area contributed by atoms with Crippen molar-refractivity contribution >= 4 is 176 Å². The zero-order valence-electron chi connectivity index (χ0n) is 80.1. The molecule has 1 saturated heterocycles. The topological polar surface area (TPSA) is 703 Å². The van der Waals surface area contributed by atoms with E-state index in [1.54, 1.807) is 133 Å². The predicted molar refractivity (Wildman–Crippen MR) is 521 cm³/mol. The first-order chi connectivity index (χ1) is 66.2. The Balaban J connectivity index is 1.01. The number of aromatic amines is 3. The summed E-state index contributed by atoms with van der Waals surface area (Å²) in [5.41, 5.74) is 20.6. The van der Waals surface area contributed by atoms with Crippen molar-refractivity contribution in [3.63, 3.8) is 0 Å². The number of para-hydroxylation sites is 3. The van der Waals surface area contributed by atoms with E-state index in [0.29, 0.717) is 49.4 Å². The van der Waals surface area contributed by atoms with Crippen molar-refractivity contribution in [3.05, 3.63) is 108 Å². The van der Waals surface area contributed by atoms with Crippen LogP contribution < -0.4 is 102 Å². The van der Waals surface area contributed by atoms with Gasteiger partial charge in [-0.05, 0) is 118 Å². The van der Waals surface area contributed by atoms with Crippen molar-refractivity contribution in [1.29, 1.82) is 0 Å².